The summed E-state index contributed by atoms with van der Waals surface area (Å²) >= 11 is 0. The molecule has 3 aromatic carbocycles. The van der Waals surface area contributed by atoms with Gasteiger partial charge in [0.1, 0.15) is 6.61 Å². The Morgan fingerprint density at radius 1 is 0.897 bits per heavy atom. The lowest BCUT2D eigenvalue weighted by molar-refractivity contribution is 0.269. The van der Waals surface area contributed by atoms with Gasteiger partial charge in [-0.15, -0.1) is 0 Å². The van der Waals surface area contributed by atoms with E-state index >= 15 is 0 Å². The number of hydrogen-bond donors (Lipinski definition) is 0. The van der Waals surface area contributed by atoms with Crippen LogP contribution in [0.2, 0.25) is 0 Å². The monoisotopic (exact) mass is 380 g/mol. The van der Waals surface area contributed by atoms with Crippen LogP contribution in [-0.4, -0.2) is 6.61 Å². The van der Waals surface area contributed by atoms with E-state index in [9.17, 15) is 5.26 Å². The van der Waals surface area contributed by atoms with Crippen molar-refractivity contribution in [2.45, 2.75) is 13.5 Å². The topological polar surface area (TPSA) is 66.0 Å². The highest BCUT2D eigenvalue weighted by atomic mass is 16.5. The first-order chi connectivity index (χ1) is 14.2. The quantitative estimate of drug-likeness (QED) is 0.395. The van der Waals surface area contributed by atoms with Crippen LogP contribution in [0.15, 0.2) is 72.8 Å². The third-order valence-corrected chi connectivity index (χ3v) is 4.24. The van der Waals surface area contributed by atoms with Crippen LogP contribution in [0.1, 0.15) is 29.2 Å². The molecule has 0 amide bonds. The van der Waals surface area contributed by atoms with Crippen molar-refractivity contribution in [3.63, 3.8) is 0 Å². The molecule has 0 unspecified atom stereocenters. The molecular formula is C25H20N2O2. The molecule has 0 aliphatic heterocycles. The van der Waals surface area contributed by atoms with Gasteiger partial charge in [-0.1, -0.05) is 48.5 Å². The second kappa shape index (κ2) is 9.78. The van der Waals surface area contributed by atoms with Gasteiger partial charge >= 0.3 is 0 Å². The zero-order valence-corrected chi connectivity index (χ0v) is 16.1. The molecule has 0 radical (unpaired) electrons. The SMILES string of the molecule is CCOc1cc(/C=C(/C#N)c2cccc(C#N)c2)ccc1OCc1ccccc1. The Balaban J connectivity index is 1.87. The summed E-state index contributed by atoms with van der Waals surface area (Å²) in [5, 5.41) is 18.7. The molecule has 29 heavy (non-hydrogen) atoms. The molecule has 0 atom stereocenters. The second-order valence-electron chi connectivity index (χ2n) is 6.28. The summed E-state index contributed by atoms with van der Waals surface area (Å²) in [4.78, 5) is 0. The molecule has 3 rings (SSSR count). The maximum atomic E-state index is 9.58. The van der Waals surface area contributed by atoms with Crippen molar-refractivity contribution in [2.24, 2.45) is 0 Å². The van der Waals surface area contributed by atoms with Crippen LogP contribution < -0.4 is 9.47 Å². The van der Waals surface area contributed by atoms with E-state index in [1.807, 2.05) is 61.5 Å². The molecule has 0 fully saturated rings. The molecule has 0 aliphatic carbocycles. The molecule has 0 spiro atoms. The van der Waals surface area contributed by atoms with Gasteiger partial charge in [0.05, 0.1) is 29.9 Å². The zero-order chi connectivity index (χ0) is 20.5. The number of nitrogens with zero attached hydrogens (tertiary/aromatic N) is 2. The first-order valence-corrected chi connectivity index (χ1v) is 9.29. The molecule has 0 saturated heterocycles. The number of hydrogen-bond acceptors (Lipinski definition) is 4. The maximum Gasteiger partial charge on any atom is 0.161 e. The van der Waals surface area contributed by atoms with Crippen molar-refractivity contribution >= 4 is 11.6 Å². The lowest BCUT2D eigenvalue weighted by atomic mass is 10.0. The lowest BCUT2D eigenvalue weighted by Gasteiger charge is -2.13. The van der Waals surface area contributed by atoms with Gasteiger partial charge in [-0.3, -0.25) is 0 Å². The van der Waals surface area contributed by atoms with Crippen molar-refractivity contribution in [1.29, 1.82) is 10.5 Å². The van der Waals surface area contributed by atoms with Crippen LogP contribution in [0.25, 0.3) is 11.6 Å². The van der Waals surface area contributed by atoms with Crippen LogP contribution in [0.5, 0.6) is 11.5 Å². The number of benzene rings is 3. The fourth-order valence-corrected chi connectivity index (χ4v) is 2.84. The summed E-state index contributed by atoms with van der Waals surface area (Å²) in [5.41, 5.74) is 3.59. The molecule has 0 N–H and O–H groups in total. The lowest BCUT2D eigenvalue weighted by Crippen LogP contribution is -2.00. The molecule has 4 heteroatoms. The molecule has 0 saturated carbocycles. The minimum Gasteiger partial charge on any atom is -0.490 e. The van der Waals surface area contributed by atoms with Gasteiger partial charge in [0.2, 0.25) is 0 Å². The van der Waals surface area contributed by atoms with Crippen molar-refractivity contribution in [3.05, 3.63) is 95.1 Å². The third-order valence-electron chi connectivity index (χ3n) is 4.24. The summed E-state index contributed by atoms with van der Waals surface area (Å²) in [6.07, 6.45) is 1.78. The van der Waals surface area contributed by atoms with Crippen LogP contribution in [0.4, 0.5) is 0 Å². The highest BCUT2D eigenvalue weighted by Gasteiger charge is 2.08. The summed E-state index contributed by atoms with van der Waals surface area (Å²) in [6, 6.07) is 26.8. The van der Waals surface area contributed by atoms with Crippen LogP contribution in [-0.2, 0) is 6.61 Å². The molecule has 0 bridgehead atoms. The Hall–Kier alpha value is -4.02. The fraction of sp³-hybridized carbons (Fsp3) is 0.120. The maximum absolute atomic E-state index is 9.58. The van der Waals surface area contributed by atoms with Crippen LogP contribution in [0.3, 0.4) is 0 Å². The Labute approximate surface area is 170 Å². The summed E-state index contributed by atoms with van der Waals surface area (Å²) in [7, 11) is 0. The molecular weight excluding hydrogens is 360 g/mol. The summed E-state index contributed by atoms with van der Waals surface area (Å²) < 4.78 is 11.7. The van der Waals surface area contributed by atoms with E-state index in [1.54, 1.807) is 24.3 Å². The van der Waals surface area contributed by atoms with Crippen molar-refractivity contribution in [2.75, 3.05) is 6.61 Å². The van der Waals surface area contributed by atoms with Gasteiger partial charge < -0.3 is 9.47 Å². The van der Waals surface area contributed by atoms with Gasteiger partial charge in [-0.05, 0) is 54.0 Å². The van der Waals surface area contributed by atoms with E-state index in [4.69, 9.17) is 14.7 Å². The van der Waals surface area contributed by atoms with Crippen molar-refractivity contribution in [1.82, 2.24) is 0 Å². The summed E-state index contributed by atoms with van der Waals surface area (Å²) in [6.45, 7) is 2.86. The minimum atomic E-state index is 0.445. The summed E-state index contributed by atoms with van der Waals surface area (Å²) in [5.74, 6) is 1.28. The Bertz CT molecular complexity index is 1090. The van der Waals surface area contributed by atoms with Gasteiger partial charge in [0.25, 0.3) is 0 Å². The molecule has 0 aromatic heterocycles. The van der Waals surface area contributed by atoms with E-state index in [0.717, 1.165) is 11.1 Å². The number of ether oxygens (including phenoxy) is 2. The largest absolute Gasteiger partial charge is 0.490 e. The van der Waals surface area contributed by atoms with Gasteiger partial charge in [-0.25, -0.2) is 0 Å². The molecule has 142 valence electrons. The van der Waals surface area contributed by atoms with E-state index in [1.165, 1.54) is 0 Å². The van der Waals surface area contributed by atoms with E-state index < -0.39 is 0 Å². The standard InChI is InChI=1S/C25H20N2O2/c1-2-28-25-15-20(11-12-24(25)29-18-19-7-4-3-5-8-19)13-23(17-27)22-10-6-9-21(14-22)16-26/h3-15H,2,18H2,1H3/b23-13-. The van der Waals surface area contributed by atoms with Gasteiger partial charge in [0.15, 0.2) is 11.5 Å². The van der Waals surface area contributed by atoms with E-state index in [0.29, 0.717) is 41.4 Å². The van der Waals surface area contributed by atoms with Gasteiger partial charge in [-0.2, -0.15) is 10.5 Å². The Morgan fingerprint density at radius 3 is 2.45 bits per heavy atom. The normalized spacial score (nSPS) is 10.7. The minimum absolute atomic E-state index is 0.445. The third kappa shape index (κ3) is 5.25. The Morgan fingerprint density at radius 2 is 1.72 bits per heavy atom. The number of allylic oxidation sites excluding steroid dienone is 1. The number of rotatable bonds is 7. The number of nitriles is 2. The predicted molar refractivity (Wildman–Crippen MR) is 113 cm³/mol. The average molecular weight is 380 g/mol. The van der Waals surface area contributed by atoms with Gasteiger partial charge in [0, 0.05) is 0 Å². The van der Waals surface area contributed by atoms with E-state index in [2.05, 4.69) is 12.1 Å². The molecule has 4 nitrogen and oxygen atoms in total. The van der Waals surface area contributed by atoms with E-state index in [-0.39, 0.29) is 0 Å². The predicted octanol–water partition coefficient (Wildman–Crippen LogP) is 5.60. The average Bonchev–Trinajstić information content (AvgIpc) is 2.78. The molecule has 3 aromatic rings. The van der Waals surface area contributed by atoms with Crippen LogP contribution in [0, 0.1) is 22.7 Å². The zero-order valence-electron chi connectivity index (χ0n) is 16.1. The fourth-order valence-electron chi connectivity index (χ4n) is 2.84. The first kappa shape index (κ1) is 19.7. The highest BCUT2D eigenvalue weighted by molar-refractivity contribution is 5.90. The smallest absolute Gasteiger partial charge is 0.161 e. The second-order valence-corrected chi connectivity index (χ2v) is 6.28. The van der Waals surface area contributed by atoms with Crippen LogP contribution >= 0.6 is 0 Å². The first-order valence-electron chi connectivity index (χ1n) is 9.29. The highest BCUT2D eigenvalue weighted by Crippen LogP contribution is 2.31. The Kier molecular flexibility index (Phi) is 6.66. The molecule has 0 heterocycles. The van der Waals surface area contributed by atoms with Crippen molar-refractivity contribution < 1.29 is 9.47 Å². The molecule has 0 aliphatic rings. The van der Waals surface area contributed by atoms with Crippen molar-refractivity contribution in [3.8, 4) is 23.6 Å².